The fourth-order valence-electron chi connectivity index (χ4n) is 1.22. The Kier molecular flexibility index (Phi) is 1.68. The number of nitriles is 1. The highest BCUT2D eigenvalue weighted by Gasteiger charge is 2.11. The number of aromatic carboxylic acids is 1. The minimum absolute atomic E-state index is 0.150. The number of hydrogen-bond acceptors (Lipinski definition) is 3. The van der Waals surface area contributed by atoms with Crippen molar-refractivity contribution in [3.8, 4) is 6.07 Å². The van der Waals surface area contributed by atoms with Gasteiger partial charge in [-0.05, 0) is 12.1 Å². The average molecular weight is 187 g/mol. The van der Waals surface area contributed by atoms with Crippen molar-refractivity contribution in [3.05, 3.63) is 29.6 Å². The molecule has 2 N–H and O–H groups in total. The van der Waals surface area contributed by atoms with Gasteiger partial charge in [0.2, 0.25) is 5.82 Å². The Labute approximate surface area is 78.6 Å². The van der Waals surface area contributed by atoms with Crippen LogP contribution < -0.4 is 0 Å². The number of rotatable bonds is 1. The normalized spacial score (nSPS) is 9.93. The topological polar surface area (TPSA) is 89.8 Å². The summed E-state index contributed by atoms with van der Waals surface area (Å²) in [4.78, 5) is 17.0. The number of imidazole rings is 1. The molecular formula is C9H5N3O2. The van der Waals surface area contributed by atoms with Crippen LogP contribution in [0, 0.1) is 11.3 Å². The van der Waals surface area contributed by atoms with Gasteiger partial charge in [-0.15, -0.1) is 0 Å². The fraction of sp³-hybridized carbons (Fsp3) is 0. The van der Waals surface area contributed by atoms with E-state index in [2.05, 4.69) is 9.97 Å². The fourth-order valence-corrected chi connectivity index (χ4v) is 1.22. The molecule has 0 radical (unpaired) electrons. The van der Waals surface area contributed by atoms with Crippen LogP contribution in [0.3, 0.4) is 0 Å². The van der Waals surface area contributed by atoms with Crippen molar-refractivity contribution in [3.63, 3.8) is 0 Å². The van der Waals surface area contributed by atoms with E-state index >= 15 is 0 Å². The highest BCUT2D eigenvalue weighted by Crippen LogP contribution is 2.15. The molecule has 5 heteroatoms. The monoisotopic (exact) mass is 187 g/mol. The van der Waals surface area contributed by atoms with E-state index in [-0.39, 0.29) is 5.82 Å². The molecule has 0 unspecified atom stereocenters. The first kappa shape index (κ1) is 8.26. The number of nitrogens with one attached hydrogen (secondary N) is 1. The van der Waals surface area contributed by atoms with Crippen molar-refractivity contribution in [1.29, 1.82) is 5.26 Å². The lowest BCUT2D eigenvalue weighted by atomic mass is 10.2. The van der Waals surface area contributed by atoms with Gasteiger partial charge in [0.1, 0.15) is 11.6 Å². The summed E-state index contributed by atoms with van der Waals surface area (Å²) >= 11 is 0. The molecule has 0 amide bonds. The Bertz CT molecular complexity index is 551. The third kappa shape index (κ3) is 1.10. The van der Waals surface area contributed by atoms with E-state index in [1.165, 1.54) is 0 Å². The quantitative estimate of drug-likeness (QED) is 0.700. The van der Waals surface area contributed by atoms with Gasteiger partial charge in [0.05, 0.1) is 11.1 Å². The SMILES string of the molecule is N#Cc1cccc2[nH]c(C(=O)O)nc12. The van der Waals surface area contributed by atoms with Crippen molar-refractivity contribution >= 4 is 17.0 Å². The molecule has 1 aromatic carbocycles. The standard InChI is InChI=1S/C9H5N3O2/c10-4-5-2-1-3-6-7(5)12-8(11-6)9(13)14/h1-3H,(H,11,12)(H,13,14). The number of hydrogen-bond donors (Lipinski definition) is 2. The van der Waals surface area contributed by atoms with Crippen molar-refractivity contribution in [2.45, 2.75) is 0 Å². The molecule has 2 aromatic rings. The second kappa shape index (κ2) is 2.85. The number of aromatic nitrogens is 2. The van der Waals surface area contributed by atoms with Crippen molar-refractivity contribution in [1.82, 2.24) is 9.97 Å². The molecule has 1 aromatic heterocycles. The molecule has 2 rings (SSSR count). The van der Waals surface area contributed by atoms with Crippen LogP contribution in [-0.2, 0) is 0 Å². The molecule has 0 spiro atoms. The number of carboxylic acid groups (broad SMARTS) is 1. The van der Waals surface area contributed by atoms with E-state index in [4.69, 9.17) is 10.4 Å². The summed E-state index contributed by atoms with van der Waals surface area (Å²) in [5.74, 6) is -1.28. The summed E-state index contributed by atoms with van der Waals surface area (Å²) in [6.45, 7) is 0. The summed E-state index contributed by atoms with van der Waals surface area (Å²) in [7, 11) is 0. The van der Waals surface area contributed by atoms with Gasteiger partial charge in [-0.3, -0.25) is 0 Å². The predicted molar refractivity (Wildman–Crippen MR) is 47.8 cm³/mol. The van der Waals surface area contributed by atoms with Crippen LogP contribution >= 0.6 is 0 Å². The number of para-hydroxylation sites is 1. The van der Waals surface area contributed by atoms with E-state index in [9.17, 15) is 4.79 Å². The maximum absolute atomic E-state index is 10.6. The number of carbonyl (C=O) groups is 1. The number of benzene rings is 1. The summed E-state index contributed by atoms with van der Waals surface area (Å²) in [5, 5.41) is 17.4. The molecule has 1 heterocycles. The first-order chi connectivity index (χ1) is 6.72. The second-order valence-corrected chi connectivity index (χ2v) is 2.70. The minimum atomic E-state index is -1.13. The summed E-state index contributed by atoms with van der Waals surface area (Å²) < 4.78 is 0. The van der Waals surface area contributed by atoms with E-state index in [0.717, 1.165) is 0 Å². The molecule has 0 aliphatic rings. The molecule has 68 valence electrons. The Balaban J connectivity index is 2.78. The highest BCUT2D eigenvalue weighted by molar-refractivity contribution is 5.90. The highest BCUT2D eigenvalue weighted by atomic mass is 16.4. The van der Waals surface area contributed by atoms with Crippen LogP contribution in [0.15, 0.2) is 18.2 Å². The van der Waals surface area contributed by atoms with Crippen molar-refractivity contribution < 1.29 is 9.90 Å². The third-order valence-corrected chi connectivity index (χ3v) is 1.84. The zero-order chi connectivity index (χ0) is 10.1. The lowest BCUT2D eigenvalue weighted by Crippen LogP contribution is -1.97. The summed E-state index contributed by atoms with van der Waals surface area (Å²) in [6, 6.07) is 6.89. The molecule has 0 saturated heterocycles. The van der Waals surface area contributed by atoms with Crippen LogP contribution in [0.25, 0.3) is 11.0 Å². The predicted octanol–water partition coefficient (Wildman–Crippen LogP) is 1.13. The molecule has 0 aliphatic carbocycles. The van der Waals surface area contributed by atoms with Crippen molar-refractivity contribution in [2.24, 2.45) is 0 Å². The first-order valence-corrected chi connectivity index (χ1v) is 3.84. The Morgan fingerprint density at radius 1 is 1.57 bits per heavy atom. The molecule has 0 bridgehead atoms. The van der Waals surface area contributed by atoms with Gasteiger partial charge in [-0.25, -0.2) is 9.78 Å². The number of nitrogens with zero attached hydrogens (tertiary/aromatic N) is 2. The van der Waals surface area contributed by atoms with Crippen LogP contribution in [0.2, 0.25) is 0 Å². The smallest absolute Gasteiger partial charge is 0.371 e. The maximum Gasteiger partial charge on any atom is 0.371 e. The number of aromatic amines is 1. The van der Waals surface area contributed by atoms with Gasteiger partial charge in [-0.1, -0.05) is 6.07 Å². The van der Waals surface area contributed by atoms with Gasteiger partial charge < -0.3 is 10.1 Å². The molecule has 0 atom stereocenters. The number of H-pyrrole nitrogens is 1. The largest absolute Gasteiger partial charge is 0.475 e. The van der Waals surface area contributed by atoms with Crippen LogP contribution in [0.5, 0.6) is 0 Å². The Morgan fingerprint density at radius 2 is 2.36 bits per heavy atom. The van der Waals surface area contributed by atoms with Crippen LogP contribution in [0.1, 0.15) is 16.2 Å². The summed E-state index contributed by atoms with van der Waals surface area (Å²) in [5.41, 5.74) is 1.32. The van der Waals surface area contributed by atoms with Crippen molar-refractivity contribution in [2.75, 3.05) is 0 Å². The second-order valence-electron chi connectivity index (χ2n) is 2.70. The third-order valence-electron chi connectivity index (χ3n) is 1.84. The van der Waals surface area contributed by atoms with E-state index in [1.807, 2.05) is 6.07 Å². The first-order valence-electron chi connectivity index (χ1n) is 3.84. The molecule has 0 fully saturated rings. The maximum atomic E-state index is 10.6. The van der Waals surface area contributed by atoms with Gasteiger partial charge >= 0.3 is 5.97 Å². The molecular weight excluding hydrogens is 182 g/mol. The van der Waals surface area contributed by atoms with Gasteiger partial charge in [0, 0.05) is 0 Å². The number of carboxylic acids is 1. The zero-order valence-electron chi connectivity index (χ0n) is 6.98. The number of fused-ring (bicyclic) bond motifs is 1. The molecule has 5 nitrogen and oxygen atoms in total. The van der Waals surface area contributed by atoms with Crippen LogP contribution in [-0.4, -0.2) is 21.0 Å². The Morgan fingerprint density at radius 3 is 3.00 bits per heavy atom. The van der Waals surface area contributed by atoms with Crippen LogP contribution in [0.4, 0.5) is 0 Å². The van der Waals surface area contributed by atoms with Gasteiger partial charge in [0.15, 0.2) is 0 Å². The molecule has 0 saturated carbocycles. The lowest BCUT2D eigenvalue weighted by Gasteiger charge is -1.87. The summed E-state index contributed by atoms with van der Waals surface area (Å²) in [6.07, 6.45) is 0. The van der Waals surface area contributed by atoms with E-state index in [0.29, 0.717) is 16.6 Å². The van der Waals surface area contributed by atoms with Gasteiger partial charge in [0.25, 0.3) is 0 Å². The average Bonchev–Trinajstić information content (AvgIpc) is 2.60. The van der Waals surface area contributed by atoms with E-state index in [1.54, 1.807) is 18.2 Å². The van der Waals surface area contributed by atoms with E-state index < -0.39 is 5.97 Å². The Hall–Kier alpha value is -2.35. The molecule has 0 aliphatic heterocycles. The lowest BCUT2D eigenvalue weighted by molar-refractivity contribution is 0.0685. The van der Waals surface area contributed by atoms with Gasteiger partial charge in [-0.2, -0.15) is 5.26 Å². The molecule has 14 heavy (non-hydrogen) atoms. The zero-order valence-corrected chi connectivity index (χ0v) is 6.98. The minimum Gasteiger partial charge on any atom is -0.475 e.